The van der Waals surface area contributed by atoms with E-state index in [0.29, 0.717) is 19.6 Å². The van der Waals surface area contributed by atoms with E-state index in [9.17, 15) is 9.59 Å². The Kier molecular flexibility index (Phi) is 3.35. The summed E-state index contributed by atoms with van der Waals surface area (Å²) in [4.78, 5) is 26.4. The van der Waals surface area contributed by atoms with Crippen molar-refractivity contribution in [1.29, 1.82) is 0 Å². The normalized spacial score (nSPS) is 24.7. The molecule has 3 rings (SSSR count). The highest BCUT2D eigenvalue weighted by atomic mass is 16.5. The van der Waals surface area contributed by atoms with Gasteiger partial charge in [-0.05, 0) is 19.9 Å². The minimum absolute atomic E-state index is 0.0191. The number of hydrogen-bond donors (Lipinski definition) is 1. The van der Waals surface area contributed by atoms with Crippen molar-refractivity contribution in [2.45, 2.75) is 38.3 Å². The van der Waals surface area contributed by atoms with Crippen LogP contribution in [0.3, 0.4) is 0 Å². The number of carbonyl (C=O) groups excluding carboxylic acids is 2. The molecule has 2 aliphatic rings. The Morgan fingerprint density at radius 1 is 1.29 bits per heavy atom. The lowest BCUT2D eigenvalue weighted by Crippen LogP contribution is -2.53. The van der Waals surface area contributed by atoms with Gasteiger partial charge < -0.3 is 15.0 Å². The predicted octanol–water partition coefficient (Wildman–Crippen LogP) is 1.64. The van der Waals surface area contributed by atoms with E-state index in [1.807, 2.05) is 29.2 Å². The Morgan fingerprint density at radius 2 is 2.05 bits per heavy atom. The Bertz CT molecular complexity index is 583. The van der Waals surface area contributed by atoms with Crippen LogP contribution < -0.4 is 10.1 Å². The fourth-order valence-corrected chi connectivity index (χ4v) is 3.09. The molecule has 21 heavy (non-hydrogen) atoms. The highest BCUT2D eigenvalue weighted by Crippen LogP contribution is 2.37. The molecule has 2 amide bonds. The number of benzene rings is 1. The summed E-state index contributed by atoms with van der Waals surface area (Å²) in [7, 11) is 0. The SMILES string of the molecule is CC1(C)NC(=O)CCN(C2CCOc3ccccc32)C1=O. The molecule has 112 valence electrons. The average molecular weight is 288 g/mol. The highest BCUT2D eigenvalue weighted by molar-refractivity contribution is 5.93. The average Bonchev–Trinajstić information content (AvgIpc) is 2.56. The van der Waals surface area contributed by atoms with Crippen LogP contribution in [0.4, 0.5) is 0 Å². The second kappa shape index (κ2) is 5.06. The Balaban J connectivity index is 1.96. The van der Waals surface area contributed by atoms with E-state index in [4.69, 9.17) is 4.74 Å². The van der Waals surface area contributed by atoms with Gasteiger partial charge in [-0.1, -0.05) is 18.2 Å². The summed E-state index contributed by atoms with van der Waals surface area (Å²) in [6, 6.07) is 7.80. The summed E-state index contributed by atoms with van der Waals surface area (Å²) in [5.74, 6) is 0.731. The van der Waals surface area contributed by atoms with Gasteiger partial charge in [0.1, 0.15) is 11.3 Å². The number of nitrogens with zero attached hydrogens (tertiary/aromatic N) is 1. The highest BCUT2D eigenvalue weighted by Gasteiger charge is 2.40. The van der Waals surface area contributed by atoms with Gasteiger partial charge in [0.05, 0.1) is 12.6 Å². The largest absolute Gasteiger partial charge is 0.493 e. The van der Waals surface area contributed by atoms with Gasteiger partial charge in [0.2, 0.25) is 11.8 Å². The standard InChI is InChI=1S/C16H20N2O3/c1-16(2)15(20)18(9-7-14(19)17-16)12-8-10-21-13-6-4-3-5-11(12)13/h3-6,12H,7-10H2,1-2H3,(H,17,19). The molecule has 0 saturated carbocycles. The van der Waals surface area contributed by atoms with Crippen LogP contribution in [-0.2, 0) is 9.59 Å². The van der Waals surface area contributed by atoms with Crippen LogP contribution >= 0.6 is 0 Å². The molecule has 1 fully saturated rings. The van der Waals surface area contributed by atoms with E-state index in [-0.39, 0.29) is 17.9 Å². The molecule has 0 aliphatic carbocycles. The zero-order chi connectivity index (χ0) is 15.0. The van der Waals surface area contributed by atoms with Crippen molar-refractivity contribution < 1.29 is 14.3 Å². The molecule has 0 aromatic heterocycles. The third kappa shape index (κ3) is 2.48. The molecule has 0 radical (unpaired) electrons. The first kappa shape index (κ1) is 13.9. The minimum Gasteiger partial charge on any atom is -0.493 e. The molecule has 1 aromatic carbocycles. The fourth-order valence-electron chi connectivity index (χ4n) is 3.09. The molecule has 0 spiro atoms. The summed E-state index contributed by atoms with van der Waals surface area (Å²) < 4.78 is 5.66. The van der Waals surface area contributed by atoms with E-state index in [1.54, 1.807) is 13.8 Å². The molecular formula is C16H20N2O3. The van der Waals surface area contributed by atoms with Gasteiger partial charge in [-0.2, -0.15) is 0 Å². The number of rotatable bonds is 1. The van der Waals surface area contributed by atoms with Crippen LogP contribution in [0.15, 0.2) is 24.3 Å². The van der Waals surface area contributed by atoms with Crippen molar-refractivity contribution >= 4 is 11.8 Å². The topological polar surface area (TPSA) is 58.6 Å². The third-order valence-corrected chi connectivity index (χ3v) is 4.13. The summed E-state index contributed by atoms with van der Waals surface area (Å²) in [5, 5.41) is 2.80. The summed E-state index contributed by atoms with van der Waals surface area (Å²) >= 11 is 0. The van der Waals surface area contributed by atoms with Crippen molar-refractivity contribution in [3.63, 3.8) is 0 Å². The molecule has 1 N–H and O–H groups in total. The number of para-hydroxylation sites is 1. The number of carbonyl (C=O) groups is 2. The molecular weight excluding hydrogens is 268 g/mol. The maximum Gasteiger partial charge on any atom is 0.248 e. The van der Waals surface area contributed by atoms with Crippen LogP contribution in [0.25, 0.3) is 0 Å². The van der Waals surface area contributed by atoms with Crippen molar-refractivity contribution in [2.24, 2.45) is 0 Å². The first-order valence-electron chi connectivity index (χ1n) is 7.33. The van der Waals surface area contributed by atoms with Gasteiger partial charge >= 0.3 is 0 Å². The quantitative estimate of drug-likeness (QED) is 0.854. The van der Waals surface area contributed by atoms with Gasteiger partial charge in [-0.15, -0.1) is 0 Å². The third-order valence-electron chi connectivity index (χ3n) is 4.13. The molecule has 1 atom stereocenters. The Labute approximate surface area is 124 Å². The smallest absolute Gasteiger partial charge is 0.248 e. The van der Waals surface area contributed by atoms with E-state index >= 15 is 0 Å². The molecule has 1 unspecified atom stereocenters. The van der Waals surface area contributed by atoms with Gasteiger partial charge in [-0.25, -0.2) is 0 Å². The minimum atomic E-state index is -0.860. The van der Waals surface area contributed by atoms with Crippen LogP contribution in [-0.4, -0.2) is 35.4 Å². The zero-order valence-corrected chi connectivity index (χ0v) is 12.4. The number of fused-ring (bicyclic) bond motifs is 1. The second-order valence-corrected chi connectivity index (χ2v) is 6.11. The van der Waals surface area contributed by atoms with E-state index in [2.05, 4.69) is 5.32 Å². The summed E-state index contributed by atoms with van der Waals surface area (Å²) in [6.45, 7) is 4.56. The first-order chi connectivity index (χ1) is 9.99. The molecule has 2 aliphatic heterocycles. The van der Waals surface area contributed by atoms with E-state index in [1.165, 1.54) is 0 Å². The van der Waals surface area contributed by atoms with E-state index < -0.39 is 5.54 Å². The van der Waals surface area contributed by atoms with Gasteiger partial charge in [0, 0.05) is 24.9 Å². The van der Waals surface area contributed by atoms with Gasteiger partial charge in [-0.3, -0.25) is 9.59 Å². The van der Waals surface area contributed by atoms with Crippen molar-refractivity contribution in [3.05, 3.63) is 29.8 Å². The van der Waals surface area contributed by atoms with E-state index in [0.717, 1.165) is 17.7 Å². The van der Waals surface area contributed by atoms with Crippen LogP contribution in [0.1, 0.15) is 38.3 Å². The Hall–Kier alpha value is -2.04. The molecule has 1 saturated heterocycles. The number of nitrogens with one attached hydrogen (secondary N) is 1. The second-order valence-electron chi connectivity index (χ2n) is 6.11. The van der Waals surface area contributed by atoms with Crippen LogP contribution in [0.2, 0.25) is 0 Å². The van der Waals surface area contributed by atoms with Gasteiger partial charge in [0.15, 0.2) is 0 Å². The van der Waals surface area contributed by atoms with Gasteiger partial charge in [0.25, 0.3) is 0 Å². The summed E-state index contributed by atoms with van der Waals surface area (Å²) in [5.41, 5.74) is 0.170. The first-order valence-corrected chi connectivity index (χ1v) is 7.33. The molecule has 1 aromatic rings. The summed E-state index contributed by atoms with van der Waals surface area (Å²) in [6.07, 6.45) is 1.10. The number of amides is 2. The lowest BCUT2D eigenvalue weighted by atomic mass is 9.96. The van der Waals surface area contributed by atoms with Crippen molar-refractivity contribution in [3.8, 4) is 5.75 Å². The number of ether oxygens (including phenoxy) is 1. The monoisotopic (exact) mass is 288 g/mol. The fraction of sp³-hybridized carbons (Fsp3) is 0.500. The lowest BCUT2D eigenvalue weighted by Gasteiger charge is -2.37. The number of hydrogen-bond acceptors (Lipinski definition) is 3. The maximum absolute atomic E-state index is 12.8. The van der Waals surface area contributed by atoms with Crippen LogP contribution in [0.5, 0.6) is 5.75 Å². The lowest BCUT2D eigenvalue weighted by molar-refractivity contribution is -0.140. The van der Waals surface area contributed by atoms with Crippen LogP contribution in [0, 0.1) is 0 Å². The van der Waals surface area contributed by atoms with Crippen molar-refractivity contribution in [1.82, 2.24) is 10.2 Å². The molecule has 2 heterocycles. The molecule has 5 nitrogen and oxygen atoms in total. The Morgan fingerprint density at radius 3 is 2.86 bits per heavy atom. The maximum atomic E-state index is 12.8. The zero-order valence-electron chi connectivity index (χ0n) is 12.4. The molecule has 5 heteroatoms. The van der Waals surface area contributed by atoms with Crippen molar-refractivity contribution in [2.75, 3.05) is 13.2 Å². The molecule has 0 bridgehead atoms. The predicted molar refractivity (Wildman–Crippen MR) is 77.8 cm³/mol.